The van der Waals surface area contributed by atoms with Gasteiger partial charge < -0.3 is 15.5 Å². The Morgan fingerprint density at radius 2 is 1.84 bits per heavy atom. The number of halogens is 1. The number of nitrogens with zero attached hydrogens (tertiary/aromatic N) is 3. The molecule has 6 nitrogen and oxygen atoms in total. The van der Waals surface area contributed by atoms with Crippen LogP contribution in [-0.4, -0.2) is 47.9 Å². The topological polar surface area (TPSA) is 79.5 Å². The smallest absolute Gasteiger partial charge is 0.250 e. The molecular formula is C18H19ClN4O2. The van der Waals surface area contributed by atoms with Crippen LogP contribution in [0.25, 0.3) is 0 Å². The summed E-state index contributed by atoms with van der Waals surface area (Å²) < 4.78 is 0. The minimum absolute atomic E-state index is 0.0501. The minimum Gasteiger partial charge on any atom is -0.366 e. The summed E-state index contributed by atoms with van der Waals surface area (Å²) in [6.07, 6.45) is 3.48. The van der Waals surface area contributed by atoms with Crippen molar-refractivity contribution in [2.24, 2.45) is 5.73 Å². The van der Waals surface area contributed by atoms with Crippen LogP contribution < -0.4 is 10.6 Å². The monoisotopic (exact) mass is 358 g/mol. The van der Waals surface area contributed by atoms with Gasteiger partial charge in [0.05, 0.1) is 23.9 Å². The summed E-state index contributed by atoms with van der Waals surface area (Å²) >= 11 is 6.13. The molecular weight excluding hydrogens is 340 g/mol. The maximum atomic E-state index is 12.5. The Balaban J connectivity index is 1.63. The molecule has 0 aliphatic carbocycles. The first-order valence-electron chi connectivity index (χ1n) is 8.06. The zero-order chi connectivity index (χ0) is 17.8. The van der Waals surface area contributed by atoms with Gasteiger partial charge in [0, 0.05) is 37.4 Å². The summed E-state index contributed by atoms with van der Waals surface area (Å²) in [5.41, 5.74) is 7.43. The van der Waals surface area contributed by atoms with E-state index >= 15 is 0 Å². The van der Waals surface area contributed by atoms with E-state index in [1.165, 1.54) is 0 Å². The number of carbonyl (C=O) groups is 2. The predicted octanol–water partition coefficient (Wildman–Crippen LogP) is 1.73. The van der Waals surface area contributed by atoms with Gasteiger partial charge in [-0.15, -0.1) is 0 Å². The SMILES string of the molecule is NC(=O)c1ccncc1N1CCN(C(=O)Cc2ccccc2Cl)CC1. The van der Waals surface area contributed by atoms with Crippen LogP contribution in [0.15, 0.2) is 42.7 Å². The van der Waals surface area contributed by atoms with Gasteiger partial charge in [-0.25, -0.2) is 0 Å². The highest BCUT2D eigenvalue weighted by Crippen LogP contribution is 2.21. The molecule has 0 spiro atoms. The van der Waals surface area contributed by atoms with E-state index in [0.717, 1.165) is 5.56 Å². The molecule has 7 heteroatoms. The highest BCUT2D eigenvalue weighted by molar-refractivity contribution is 6.31. The van der Waals surface area contributed by atoms with Crippen molar-refractivity contribution in [1.82, 2.24) is 9.88 Å². The van der Waals surface area contributed by atoms with E-state index in [9.17, 15) is 9.59 Å². The molecule has 0 radical (unpaired) electrons. The van der Waals surface area contributed by atoms with E-state index < -0.39 is 5.91 Å². The van der Waals surface area contributed by atoms with E-state index in [4.69, 9.17) is 17.3 Å². The number of piperazine rings is 1. The first-order valence-corrected chi connectivity index (χ1v) is 8.44. The fraction of sp³-hybridized carbons (Fsp3) is 0.278. The van der Waals surface area contributed by atoms with Crippen molar-refractivity contribution in [1.29, 1.82) is 0 Å². The Morgan fingerprint density at radius 1 is 1.12 bits per heavy atom. The number of primary amides is 1. The third kappa shape index (κ3) is 3.91. The second kappa shape index (κ2) is 7.53. The normalized spacial score (nSPS) is 14.4. The minimum atomic E-state index is -0.477. The molecule has 0 unspecified atom stereocenters. The summed E-state index contributed by atoms with van der Waals surface area (Å²) in [6, 6.07) is 8.99. The molecule has 1 fully saturated rings. The maximum Gasteiger partial charge on any atom is 0.250 e. The lowest BCUT2D eigenvalue weighted by atomic mass is 10.1. The molecule has 25 heavy (non-hydrogen) atoms. The quantitative estimate of drug-likeness (QED) is 0.902. The summed E-state index contributed by atoms with van der Waals surface area (Å²) in [5.74, 6) is -0.427. The number of rotatable bonds is 4. The fourth-order valence-electron chi connectivity index (χ4n) is 2.96. The lowest BCUT2D eigenvalue weighted by Crippen LogP contribution is -2.49. The molecule has 2 amide bonds. The van der Waals surface area contributed by atoms with E-state index in [2.05, 4.69) is 4.98 Å². The van der Waals surface area contributed by atoms with Crippen LogP contribution in [0, 0.1) is 0 Å². The van der Waals surface area contributed by atoms with Gasteiger partial charge in [0.1, 0.15) is 0 Å². The molecule has 0 saturated carbocycles. The second-order valence-electron chi connectivity index (χ2n) is 5.89. The summed E-state index contributed by atoms with van der Waals surface area (Å²) in [5, 5.41) is 0.607. The third-order valence-corrected chi connectivity index (χ3v) is 4.71. The van der Waals surface area contributed by atoms with Crippen molar-refractivity contribution in [3.63, 3.8) is 0 Å². The highest BCUT2D eigenvalue weighted by Gasteiger charge is 2.24. The fourth-order valence-corrected chi connectivity index (χ4v) is 3.16. The molecule has 2 heterocycles. The van der Waals surface area contributed by atoms with Crippen molar-refractivity contribution in [3.8, 4) is 0 Å². The zero-order valence-corrected chi connectivity index (χ0v) is 14.4. The number of hydrogen-bond acceptors (Lipinski definition) is 4. The molecule has 1 aliphatic rings. The van der Waals surface area contributed by atoms with Crippen molar-refractivity contribution in [2.75, 3.05) is 31.1 Å². The number of aromatic nitrogens is 1. The Hall–Kier alpha value is -2.60. The van der Waals surface area contributed by atoms with E-state index in [0.29, 0.717) is 48.9 Å². The van der Waals surface area contributed by atoms with Gasteiger partial charge in [-0.05, 0) is 17.7 Å². The summed E-state index contributed by atoms with van der Waals surface area (Å²) in [6.45, 7) is 2.41. The average molecular weight is 359 g/mol. The Bertz CT molecular complexity index is 788. The number of nitrogens with two attached hydrogens (primary N) is 1. The molecule has 1 saturated heterocycles. The summed E-state index contributed by atoms with van der Waals surface area (Å²) in [4.78, 5) is 32.0. The van der Waals surface area contributed by atoms with E-state index in [1.54, 1.807) is 24.5 Å². The molecule has 1 aliphatic heterocycles. The van der Waals surface area contributed by atoms with Crippen molar-refractivity contribution in [3.05, 3.63) is 58.9 Å². The number of benzene rings is 1. The largest absolute Gasteiger partial charge is 0.366 e. The van der Waals surface area contributed by atoms with Crippen LogP contribution in [0.3, 0.4) is 0 Å². The van der Waals surface area contributed by atoms with Crippen LogP contribution in [0.2, 0.25) is 5.02 Å². The van der Waals surface area contributed by atoms with Crippen LogP contribution in [-0.2, 0) is 11.2 Å². The van der Waals surface area contributed by atoms with Crippen LogP contribution in [0.5, 0.6) is 0 Å². The lowest BCUT2D eigenvalue weighted by molar-refractivity contribution is -0.130. The van der Waals surface area contributed by atoms with E-state index in [1.807, 2.05) is 28.0 Å². The molecule has 1 aromatic carbocycles. The van der Waals surface area contributed by atoms with E-state index in [-0.39, 0.29) is 5.91 Å². The van der Waals surface area contributed by atoms with Gasteiger partial charge in [-0.2, -0.15) is 0 Å². The number of anilines is 1. The molecule has 130 valence electrons. The van der Waals surface area contributed by atoms with Crippen molar-refractivity contribution < 1.29 is 9.59 Å². The van der Waals surface area contributed by atoms with Gasteiger partial charge in [0.15, 0.2) is 0 Å². The molecule has 3 rings (SSSR count). The predicted molar refractivity (Wildman–Crippen MR) is 96.7 cm³/mol. The average Bonchev–Trinajstić information content (AvgIpc) is 2.63. The molecule has 1 aromatic heterocycles. The highest BCUT2D eigenvalue weighted by atomic mass is 35.5. The van der Waals surface area contributed by atoms with Crippen LogP contribution >= 0.6 is 11.6 Å². The molecule has 2 aromatic rings. The van der Waals surface area contributed by atoms with Gasteiger partial charge >= 0.3 is 0 Å². The Labute approximate surface area is 151 Å². The Kier molecular flexibility index (Phi) is 5.19. The zero-order valence-electron chi connectivity index (χ0n) is 13.7. The van der Waals surface area contributed by atoms with Gasteiger partial charge in [-0.1, -0.05) is 29.8 Å². The number of pyridine rings is 1. The third-order valence-electron chi connectivity index (χ3n) is 4.34. The molecule has 2 N–H and O–H groups in total. The van der Waals surface area contributed by atoms with Gasteiger partial charge in [0.2, 0.25) is 5.91 Å². The number of hydrogen-bond donors (Lipinski definition) is 1. The summed E-state index contributed by atoms with van der Waals surface area (Å²) in [7, 11) is 0. The van der Waals surface area contributed by atoms with Crippen LogP contribution in [0.1, 0.15) is 15.9 Å². The molecule has 0 bridgehead atoms. The van der Waals surface area contributed by atoms with Crippen molar-refractivity contribution in [2.45, 2.75) is 6.42 Å². The first kappa shape index (κ1) is 17.2. The number of carbonyl (C=O) groups excluding carboxylic acids is 2. The van der Waals surface area contributed by atoms with Gasteiger partial charge in [-0.3, -0.25) is 14.6 Å². The molecule has 0 atom stereocenters. The first-order chi connectivity index (χ1) is 12.1. The Morgan fingerprint density at radius 3 is 2.52 bits per heavy atom. The van der Waals surface area contributed by atoms with Crippen molar-refractivity contribution >= 4 is 29.1 Å². The second-order valence-corrected chi connectivity index (χ2v) is 6.30. The lowest BCUT2D eigenvalue weighted by Gasteiger charge is -2.36. The van der Waals surface area contributed by atoms with Crippen LogP contribution in [0.4, 0.5) is 5.69 Å². The number of amides is 2. The standard InChI is InChI=1S/C18H19ClN4O2/c19-15-4-2-1-3-13(15)11-17(24)23-9-7-22(8-10-23)16-12-21-6-5-14(16)18(20)25/h1-6,12H,7-11H2,(H2,20,25). The maximum absolute atomic E-state index is 12.5. The van der Waals surface area contributed by atoms with Gasteiger partial charge in [0.25, 0.3) is 5.91 Å².